The Bertz CT molecular complexity index is 3900. The predicted octanol–water partition coefficient (Wildman–Crippen LogP) is 11.0. The maximum absolute atomic E-state index is 12.8. The number of anilines is 1. The second kappa shape index (κ2) is 25.6. The largest absolute Gasteiger partial charge is 0.534 e. The third kappa shape index (κ3) is 15.6. The number of nitrogens with one attached hydrogen (secondary N) is 3. The number of alkyl carbamates (subject to hydrolysis) is 2. The lowest BCUT2D eigenvalue weighted by Crippen LogP contribution is -2.46. The summed E-state index contributed by atoms with van der Waals surface area (Å²) < 4.78 is 103. The molecule has 0 atom stereocenters. The number of pyridine rings is 2. The summed E-state index contributed by atoms with van der Waals surface area (Å²) in [6.07, 6.45) is 6.34. The van der Waals surface area contributed by atoms with Crippen molar-refractivity contribution in [1.82, 2.24) is 45.0 Å². The van der Waals surface area contributed by atoms with E-state index in [2.05, 4.69) is 78.1 Å². The van der Waals surface area contributed by atoms with E-state index in [-0.39, 0.29) is 40.6 Å². The van der Waals surface area contributed by atoms with Gasteiger partial charge in [0.15, 0.2) is 5.75 Å². The van der Waals surface area contributed by atoms with Crippen molar-refractivity contribution >= 4 is 71.9 Å². The van der Waals surface area contributed by atoms with Crippen LogP contribution in [-0.2, 0) is 29.1 Å². The number of carbonyl (C=O) groups is 2. The van der Waals surface area contributed by atoms with Crippen LogP contribution >= 0.6 is 0 Å². The molecule has 88 heavy (non-hydrogen) atoms. The number of carbonyl (C=O) groups excluding carboxylic acids is 2. The third-order valence-electron chi connectivity index (χ3n) is 15.0. The number of piperidine rings is 2. The number of imidazole rings is 2. The van der Waals surface area contributed by atoms with Crippen LogP contribution in [-0.4, -0.2) is 144 Å². The van der Waals surface area contributed by atoms with E-state index in [0.29, 0.717) is 54.4 Å². The summed E-state index contributed by atoms with van der Waals surface area (Å²) in [4.78, 5) is 44.4. The summed E-state index contributed by atoms with van der Waals surface area (Å²) in [5.41, 5.74) is -1.23. The number of nitrogens with zero attached hydrogens (tertiary/aromatic N) is 7. The van der Waals surface area contributed by atoms with Gasteiger partial charge in [0, 0.05) is 58.9 Å². The van der Waals surface area contributed by atoms with Gasteiger partial charge >= 0.3 is 27.8 Å². The fourth-order valence-corrected chi connectivity index (χ4v) is 10.7. The molecule has 4 fully saturated rings. The number of para-hydroxylation sites is 2. The van der Waals surface area contributed by atoms with Crippen molar-refractivity contribution in [3.63, 3.8) is 0 Å². The number of hydrogen-bond donors (Lipinski definition) is 3. The number of fused-ring (bicyclic) bond motifs is 4. The Morgan fingerprint density at radius 3 is 1.57 bits per heavy atom. The Hall–Kier alpha value is -8.00. The van der Waals surface area contributed by atoms with Gasteiger partial charge in [-0.2, -0.15) is 21.6 Å². The van der Waals surface area contributed by atoms with Crippen molar-refractivity contribution in [1.29, 1.82) is 0 Å². The Kier molecular flexibility index (Phi) is 18.3. The van der Waals surface area contributed by atoms with Crippen molar-refractivity contribution in [2.45, 2.75) is 110 Å². The fraction of sp³-hybridized carbons (Fsp3) is 0.460. The summed E-state index contributed by atoms with van der Waals surface area (Å²) in [5.74, 6) is 2.07. The van der Waals surface area contributed by atoms with Gasteiger partial charge < -0.3 is 53.5 Å². The first-order chi connectivity index (χ1) is 41.7. The first-order valence-electron chi connectivity index (χ1n) is 29.3. The number of alkyl halides is 3. The zero-order valence-electron chi connectivity index (χ0n) is 50.6. The molecule has 4 aliphatic rings. The number of benzene rings is 4. The highest BCUT2D eigenvalue weighted by Gasteiger charge is 2.49. The molecule has 4 aromatic heterocycles. The van der Waals surface area contributed by atoms with Crippen LogP contribution in [0.3, 0.4) is 0 Å². The minimum absolute atomic E-state index is 0.0112. The molecule has 3 N–H and O–H groups in total. The van der Waals surface area contributed by atoms with Crippen LogP contribution in [0.1, 0.15) is 81.1 Å². The molecule has 8 aromatic rings. The molecule has 4 aromatic carbocycles. The van der Waals surface area contributed by atoms with Gasteiger partial charge in [-0.3, -0.25) is 9.13 Å². The SMILES string of the molecule is CC(C)(C)OC(=O)NC1CCNCC1.CC1(COc2ccc3c(c2)ncn3-c2ccc3cccc(N4CCC(NC(=O)OC(C)(C)C)CC4)c3n2)COC1.CC1(COc2ccc3c(c2)ncn3-c2ccc3cccc(OS(=O)(=O)C(F)(F)F)c3n2)COC1. The summed E-state index contributed by atoms with van der Waals surface area (Å²) in [6, 6.07) is 29.5. The van der Waals surface area contributed by atoms with Crippen LogP contribution in [0.25, 0.3) is 55.5 Å². The molecular weight excluding hydrogens is 1160 g/mol. The van der Waals surface area contributed by atoms with Gasteiger partial charge in [0.1, 0.15) is 52.5 Å². The van der Waals surface area contributed by atoms with Crippen LogP contribution in [0.2, 0.25) is 0 Å². The zero-order chi connectivity index (χ0) is 62.7. The Balaban J connectivity index is 0.000000161. The number of amides is 2. The summed E-state index contributed by atoms with van der Waals surface area (Å²) in [5, 5.41) is 10.6. The monoisotopic (exact) mass is 1240 g/mol. The van der Waals surface area contributed by atoms with E-state index in [4.69, 9.17) is 33.4 Å². The molecule has 4 aliphatic heterocycles. The van der Waals surface area contributed by atoms with E-state index >= 15 is 0 Å². The highest BCUT2D eigenvalue weighted by atomic mass is 32.2. The highest BCUT2D eigenvalue weighted by molar-refractivity contribution is 7.88. The zero-order valence-corrected chi connectivity index (χ0v) is 51.4. The smallest absolute Gasteiger partial charge is 0.493 e. The first-order valence-corrected chi connectivity index (χ1v) is 30.7. The van der Waals surface area contributed by atoms with E-state index in [9.17, 15) is 31.2 Å². The van der Waals surface area contributed by atoms with Crippen LogP contribution in [0, 0.1) is 10.8 Å². The highest BCUT2D eigenvalue weighted by Crippen LogP contribution is 2.35. The minimum Gasteiger partial charge on any atom is -0.493 e. The molecule has 21 nitrogen and oxygen atoms in total. The van der Waals surface area contributed by atoms with Crippen molar-refractivity contribution < 1.29 is 63.8 Å². The first kappa shape index (κ1) is 63.0. The van der Waals surface area contributed by atoms with Gasteiger partial charge in [-0.05, 0) is 141 Å². The van der Waals surface area contributed by atoms with E-state index < -0.39 is 32.6 Å². The number of halogens is 3. The lowest BCUT2D eigenvalue weighted by molar-refractivity contribution is -0.120. The molecule has 0 unspecified atom stereocenters. The molecule has 8 heterocycles. The number of hydrogen-bond acceptors (Lipinski definition) is 17. The summed E-state index contributed by atoms with van der Waals surface area (Å²) in [7, 11) is -5.84. The molecule has 0 spiro atoms. The lowest BCUT2D eigenvalue weighted by Gasteiger charge is -2.37. The van der Waals surface area contributed by atoms with Crippen LogP contribution in [0.5, 0.6) is 17.2 Å². The maximum atomic E-state index is 12.8. The molecule has 4 saturated heterocycles. The number of rotatable bonds is 13. The Morgan fingerprint density at radius 2 is 1.10 bits per heavy atom. The molecule has 470 valence electrons. The Morgan fingerprint density at radius 1 is 0.636 bits per heavy atom. The minimum atomic E-state index is -5.84. The molecule has 25 heteroatoms. The van der Waals surface area contributed by atoms with Gasteiger partial charge in [-0.15, -0.1) is 0 Å². The van der Waals surface area contributed by atoms with E-state index in [0.717, 1.165) is 110 Å². The second-order valence-electron chi connectivity index (χ2n) is 25.3. The lowest BCUT2D eigenvalue weighted by atomic mass is 9.90. The van der Waals surface area contributed by atoms with Crippen molar-refractivity contribution in [2.24, 2.45) is 10.8 Å². The van der Waals surface area contributed by atoms with Crippen LogP contribution in [0.15, 0.2) is 110 Å². The topological polar surface area (TPSA) is 234 Å². The van der Waals surface area contributed by atoms with E-state index in [1.165, 1.54) is 12.4 Å². The summed E-state index contributed by atoms with van der Waals surface area (Å²) >= 11 is 0. The van der Waals surface area contributed by atoms with Crippen molar-refractivity contribution in [3.05, 3.63) is 110 Å². The Labute approximate surface area is 508 Å². The second-order valence-corrected chi connectivity index (χ2v) is 26.8. The third-order valence-corrected chi connectivity index (χ3v) is 15.9. The molecule has 0 bridgehead atoms. The van der Waals surface area contributed by atoms with Gasteiger partial charge in [-0.25, -0.2) is 29.5 Å². The van der Waals surface area contributed by atoms with Crippen molar-refractivity contribution in [2.75, 3.05) is 70.7 Å². The maximum Gasteiger partial charge on any atom is 0.534 e. The quantitative estimate of drug-likeness (QED) is 0.0719. The van der Waals surface area contributed by atoms with Crippen molar-refractivity contribution in [3.8, 4) is 28.9 Å². The average molecular weight is 1240 g/mol. The van der Waals surface area contributed by atoms with Crippen LogP contribution in [0.4, 0.5) is 28.4 Å². The fourth-order valence-electron chi connectivity index (χ4n) is 10.3. The molecule has 12 rings (SSSR count). The number of ether oxygens (including phenoxy) is 6. The number of aromatic nitrogens is 6. The summed E-state index contributed by atoms with van der Waals surface area (Å²) in [6.45, 7) is 23.0. The van der Waals surface area contributed by atoms with Gasteiger partial charge in [0.25, 0.3) is 0 Å². The van der Waals surface area contributed by atoms with Gasteiger partial charge in [0.05, 0.1) is 72.9 Å². The predicted molar refractivity (Wildman–Crippen MR) is 327 cm³/mol. The van der Waals surface area contributed by atoms with E-state index in [1.54, 1.807) is 41.0 Å². The van der Waals surface area contributed by atoms with Crippen LogP contribution < -0.4 is 34.5 Å². The normalized spacial score (nSPS) is 17.1. The van der Waals surface area contributed by atoms with Gasteiger partial charge in [0.2, 0.25) is 0 Å². The standard InChI is InChI=1S/C31H37N5O4.C22H18F3N3O5S.C10H20N2O2/c1-30(2,3)40-29(37)33-22-12-14-35(15-13-22)26-7-5-6-21-8-11-27(34-28(21)26)36-20-32-24-16-23(9-10-25(24)36)39-19-31(4)17-38-18-31;1-21(10-31-11-21)12-32-15-6-7-17-16(9-15)26-13-28(17)19-8-5-14-3-2-4-18(20(14)27-19)33-34(29,30)22(23,24)25;1-10(2,3)14-9(13)12-8-4-6-11-7-5-8/h5-11,16,20,22H,12-15,17-19H2,1-4H3,(H,33,37);2-9,13H,10-12H2,1H3;8,11H,4-7H2,1-3H3,(H,12,13). The average Bonchev–Trinajstić information content (AvgIpc) is 2.81. The molecule has 2 amide bonds. The molecule has 0 aliphatic carbocycles. The van der Waals surface area contributed by atoms with E-state index in [1.807, 2.05) is 76.7 Å². The molecular formula is C63H75F3N10O11S. The molecule has 0 radical (unpaired) electrons. The van der Waals surface area contributed by atoms with Gasteiger partial charge in [-0.1, -0.05) is 38.1 Å². The molecule has 0 saturated carbocycles.